The highest BCUT2D eigenvalue weighted by molar-refractivity contribution is 6.21. The van der Waals surface area contributed by atoms with Crippen molar-refractivity contribution in [2.75, 3.05) is 13.1 Å². The number of carbonyl (C=O) groups excluding carboxylic acids is 4. The lowest BCUT2D eigenvalue weighted by Crippen LogP contribution is -2.54. The molecule has 3 rings (SSSR count). The number of carbonyl (C=O) groups is 4. The van der Waals surface area contributed by atoms with Gasteiger partial charge in [0, 0.05) is 25.0 Å². The van der Waals surface area contributed by atoms with Crippen LogP contribution in [0.4, 0.5) is 0 Å². The molecule has 0 spiro atoms. The maximum Gasteiger partial charge on any atom is 0.261 e. The van der Waals surface area contributed by atoms with E-state index in [9.17, 15) is 19.2 Å². The quantitative estimate of drug-likeness (QED) is 0.527. The zero-order chi connectivity index (χ0) is 25.6. The first-order valence-electron chi connectivity index (χ1n) is 12.2. The Morgan fingerprint density at radius 3 is 2.06 bits per heavy atom. The Labute approximate surface area is 207 Å². The van der Waals surface area contributed by atoms with Crippen LogP contribution in [0.2, 0.25) is 0 Å². The number of nitrogens with one attached hydrogen (secondary N) is 1. The molecule has 7 heteroatoms. The molecule has 1 aliphatic rings. The first-order chi connectivity index (χ1) is 16.6. The highest BCUT2D eigenvalue weighted by Gasteiger charge is 2.35. The molecule has 7 nitrogen and oxygen atoms in total. The fraction of sp³-hybridized carbons (Fsp3) is 0.429. The molecule has 2 aromatic rings. The second kappa shape index (κ2) is 11.3. The van der Waals surface area contributed by atoms with E-state index in [-0.39, 0.29) is 36.6 Å². The van der Waals surface area contributed by atoms with Crippen LogP contribution in [0.25, 0.3) is 0 Å². The highest BCUT2D eigenvalue weighted by atomic mass is 16.2. The van der Waals surface area contributed by atoms with E-state index in [1.807, 2.05) is 58.0 Å². The number of benzene rings is 2. The summed E-state index contributed by atoms with van der Waals surface area (Å²) in [7, 11) is 0. The summed E-state index contributed by atoms with van der Waals surface area (Å²) < 4.78 is 0. The van der Waals surface area contributed by atoms with Crippen molar-refractivity contribution in [3.63, 3.8) is 0 Å². The van der Waals surface area contributed by atoms with Crippen molar-refractivity contribution >= 4 is 23.6 Å². The van der Waals surface area contributed by atoms with Crippen LogP contribution < -0.4 is 5.32 Å². The van der Waals surface area contributed by atoms with Crippen molar-refractivity contribution in [3.8, 4) is 0 Å². The minimum Gasteiger partial charge on any atom is -0.350 e. The monoisotopic (exact) mass is 477 g/mol. The van der Waals surface area contributed by atoms with Crippen LogP contribution in [-0.2, 0) is 16.0 Å². The molecular formula is C28H35N3O4. The van der Waals surface area contributed by atoms with Gasteiger partial charge in [-0.1, -0.05) is 49.4 Å². The Kier molecular flexibility index (Phi) is 8.43. The molecular weight excluding hydrogens is 442 g/mol. The van der Waals surface area contributed by atoms with E-state index in [4.69, 9.17) is 0 Å². The third-order valence-corrected chi connectivity index (χ3v) is 6.02. The molecule has 0 saturated carbocycles. The van der Waals surface area contributed by atoms with Gasteiger partial charge in [-0.05, 0) is 57.7 Å². The Hall–Kier alpha value is -3.48. The van der Waals surface area contributed by atoms with Gasteiger partial charge in [-0.2, -0.15) is 0 Å². The molecule has 1 aliphatic heterocycles. The molecule has 35 heavy (non-hydrogen) atoms. The second-order valence-corrected chi connectivity index (χ2v) is 9.90. The minimum atomic E-state index is -0.593. The number of rotatable bonds is 10. The number of imide groups is 1. The molecule has 0 aromatic heterocycles. The van der Waals surface area contributed by atoms with Crippen LogP contribution in [0.3, 0.4) is 0 Å². The van der Waals surface area contributed by atoms with Crippen LogP contribution in [0.1, 0.15) is 73.2 Å². The zero-order valence-corrected chi connectivity index (χ0v) is 21.0. The number of nitrogens with zero attached hydrogens (tertiary/aromatic N) is 2. The van der Waals surface area contributed by atoms with E-state index in [1.165, 1.54) is 4.90 Å². The van der Waals surface area contributed by atoms with Gasteiger partial charge in [-0.15, -0.1) is 0 Å². The maximum atomic E-state index is 13.3. The van der Waals surface area contributed by atoms with E-state index in [1.54, 1.807) is 29.2 Å². The predicted molar refractivity (Wildman–Crippen MR) is 135 cm³/mol. The van der Waals surface area contributed by atoms with E-state index in [2.05, 4.69) is 5.32 Å². The predicted octanol–water partition coefficient (Wildman–Crippen LogP) is 3.83. The normalized spacial score (nSPS) is 14.0. The smallest absolute Gasteiger partial charge is 0.261 e. The Morgan fingerprint density at radius 2 is 1.51 bits per heavy atom. The standard InChI is InChI=1S/C28H35N3O4/c1-5-23(25(33)29-28(2,3)4)30(19-17-20-12-7-6-8-13-20)24(32)16-11-18-31-26(34)21-14-9-10-15-22(21)27(31)35/h6-10,12-15,23H,5,11,16-19H2,1-4H3,(H,29,33). The lowest BCUT2D eigenvalue weighted by Gasteiger charge is -2.33. The van der Waals surface area contributed by atoms with Crippen molar-refractivity contribution in [2.24, 2.45) is 0 Å². The molecule has 0 bridgehead atoms. The maximum absolute atomic E-state index is 13.3. The molecule has 186 valence electrons. The van der Waals surface area contributed by atoms with Gasteiger partial charge in [0.05, 0.1) is 11.1 Å². The molecule has 0 saturated heterocycles. The summed E-state index contributed by atoms with van der Waals surface area (Å²) in [5, 5.41) is 3.00. The van der Waals surface area contributed by atoms with E-state index < -0.39 is 11.6 Å². The molecule has 1 atom stereocenters. The fourth-order valence-electron chi connectivity index (χ4n) is 4.32. The van der Waals surface area contributed by atoms with Crippen molar-refractivity contribution in [1.29, 1.82) is 0 Å². The third-order valence-electron chi connectivity index (χ3n) is 6.02. The van der Waals surface area contributed by atoms with Gasteiger partial charge < -0.3 is 10.2 Å². The SMILES string of the molecule is CCC(C(=O)NC(C)(C)C)N(CCc1ccccc1)C(=O)CCCN1C(=O)c2ccccc2C1=O. The average Bonchev–Trinajstić information content (AvgIpc) is 3.06. The summed E-state index contributed by atoms with van der Waals surface area (Å²) >= 11 is 0. The Balaban J connectivity index is 1.68. The van der Waals surface area contributed by atoms with Gasteiger partial charge in [0.15, 0.2) is 0 Å². The summed E-state index contributed by atoms with van der Waals surface area (Å²) in [6, 6.07) is 16.0. The van der Waals surface area contributed by atoms with Gasteiger partial charge in [-0.25, -0.2) is 0 Å². The molecule has 4 amide bonds. The topological polar surface area (TPSA) is 86.8 Å². The summed E-state index contributed by atoms with van der Waals surface area (Å²) in [5.74, 6) is -0.986. The molecule has 0 fully saturated rings. The lowest BCUT2D eigenvalue weighted by molar-refractivity contribution is -0.141. The largest absolute Gasteiger partial charge is 0.350 e. The van der Waals surface area contributed by atoms with Gasteiger partial charge in [0.25, 0.3) is 11.8 Å². The molecule has 1 unspecified atom stereocenters. The molecule has 2 aromatic carbocycles. The van der Waals surface area contributed by atoms with E-state index >= 15 is 0 Å². The van der Waals surface area contributed by atoms with Crippen molar-refractivity contribution in [3.05, 3.63) is 71.3 Å². The summed E-state index contributed by atoms with van der Waals surface area (Å²) in [4.78, 5) is 54.5. The van der Waals surface area contributed by atoms with Crippen molar-refractivity contribution in [1.82, 2.24) is 15.1 Å². The van der Waals surface area contributed by atoms with Gasteiger partial charge in [0.1, 0.15) is 6.04 Å². The molecule has 1 heterocycles. The van der Waals surface area contributed by atoms with Crippen LogP contribution in [0.5, 0.6) is 0 Å². The van der Waals surface area contributed by atoms with Gasteiger partial charge in [0.2, 0.25) is 11.8 Å². The summed E-state index contributed by atoms with van der Waals surface area (Å²) in [6.45, 7) is 8.21. The molecule has 0 aliphatic carbocycles. The fourth-order valence-corrected chi connectivity index (χ4v) is 4.32. The number of amides is 4. The number of fused-ring (bicyclic) bond motifs is 1. The van der Waals surface area contributed by atoms with Crippen molar-refractivity contribution in [2.45, 2.75) is 65.0 Å². The van der Waals surface area contributed by atoms with Crippen LogP contribution in [0.15, 0.2) is 54.6 Å². The van der Waals surface area contributed by atoms with Crippen molar-refractivity contribution < 1.29 is 19.2 Å². The Bertz CT molecular complexity index is 1040. The van der Waals surface area contributed by atoms with Crippen LogP contribution in [-0.4, -0.2) is 58.1 Å². The Morgan fingerprint density at radius 1 is 0.943 bits per heavy atom. The summed E-state index contributed by atoms with van der Waals surface area (Å²) in [5.41, 5.74) is 1.48. The van der Waals surface area contributed by atoms with E-state index in [0.29, 0.717) is 36.9 Å². The molecule has 1 N–H and O–H groups in total. The zero-order valence-electron chi connectivity index (χ0n) is 21.0. The lowest BCUT2D eigenvalue weighted by atomic mass is 10.0. The summed E-state index contributed by atoms with van der Waals surface area (Å²) in [6.07, 6.45) is 1.59. The van der Waals surface area contributed by atoms with Gasteiger partial charge >= 0.3 is 0 Å². The highest BCUT2D eigenvalue weighted by Crippen LogP contribution is 2.23. The first kappa shape index (κ1) is 26.1. The van der Waals surface area contributed by atoms with Crippen LogP contribution in [0, 0.1) is 0 Å². The average molecular weight is 478 g/mol. The first-order valence-corrected chi connectivity index (χ1v) is 12.2. The second-order valence-electron chi connectivity index (χ2n) is 9.90. The van der Waals surface area contributed by atoms with Crippen LogP contribution >= 0.6 is 0 Å². The number of hydrogen-bond donors (Lipinski definition) is 1. The third kappa shape index (κ3) is 6.56. The minimum absolute atomic E-state index is 0.140. The van der Waals surface area contributed by atoms with E-state index in [0.717, 1.165) is 5.56 Å². The number of hydrogen-bond acceptors (Lipinski definition) is 4. The molecule has 0 radical (unpaired) electrons. The van der Waals surface area contributed by atoms with Gasteiger partial charge in [-0.3, -0.25) is 24.1 Å².